The van der Waals surface area contributed by atoms with Crippen molar-refractivity contribution in [3.8, 4) is 5.75 Å². The summed E-state index contributed by atoms with van der Waals surface area (Å²) in [4.78, 5) is 7.81. The normalized spacial score (nSPS) is 13.3. The summed E-state index contributed by atoms with van der Waals surface area (Å²) in [5, 5.41) is 8.96. The number of nitrogens with one attached hydrogen (secondary N) is 1. The highest BCUT2D eigenvalue weighted by Gasteiger charge is 2.20. The highest BCUT2D eigenvalue weighted by atomic mass is 32.1. The molecule has 0 bridgehead atoms. The summed E-state index contributed by atoms with van der Waals surface area (Å²) < 4.78 is 7.22. The largest absolute Gasteiger partial charge is 0.497 e. The number of fused-ring (bicyclic) bond motifs is 1. The molecule has 0 spiro atoms. The minimum absolute atomic E-state index is 0.0311. The summed E-state index contributed by atoms with van der Waals surface area (Å²) in [5.41, 5.74) is 2.30. The Morgan fingerprint density at radius 2 is 2.08 bits per heavy atom. The lowest BCUT2D eigenvalue weighted by Crippen LogP contribution is -2.26. The first-order valence-electron chi connectivity index (χ1n) is 8.69. The topological polar surface area (TPSA) is 54.7 Å². The zero-order valence-corrected chi connectivity index (χ0v) is 17.1. The van der Waals surface area contributed by atoms with Crippen LogP contribution in [0.2, 0.25) is 0 Å². The summed E-state index contributed by atoms with van der Waals surface area (Å²) in [6.07, 6.45) is 2.02. The lowest BCUT2D eigenvalue weighted by atomic mass is 9.93. The average Bonchev–Trinajstić information content (AvgIpc) is 3.13. The van der Waals surface area contributed by atoms with E-state index in [0.29, 0.717) is 0 Å². The SMILES string of the molecule is COc1cccc([C@@H](CNc2nn3cc(C(C)(C)C)nc3s2)N(C)C)c1. The third kappa shape index (κ3) is 3.99. The van der Waals surface area contributed by atoms with Crippen LogP contribution >= 0.6 is 11.3 Å². The first-order valence-corrected chi connectivity index (χ1v) is 9.50. The monoisotopic (exact) mass is 373 g/mol. The predicted molar refractivity (Wildman–Crippen MR) is 107 cm³/mol. The van der Waals surface area contributed by atoms with E-state index in [0.717, 1.165) is 28.1 Å². The maximum Gasteiger partial charge on any atom is 0.214 e. The summed E-state index contributed by atoms with van der Waals surface area (Å²) >= 11 is 1.58. The molecule has 2 heterocycles. The predicted octanol–water partition coefficient (Wildman–Crippen LogP) is 3.81. The van der Waals surface area contributed by atoms with Gasteiger partial charge in [-0.2, -0.15) is 0 Å². The first kappa shape index (κ1) is 18.7. The lowest BCUT2D eigenvalue weighted by Gasteiger charge is -2.25. The molecule has 2 aromatic heterocycles. The van der Waals surface area contributed by atoms with E-state index < -0.39 is 0 Å². The Kier molecular flexibility index (Phi) is 5.20. The van der Waals surface area contributed by atoms with E-state index in [-0.39, 0.29) is 11.5 Å². The molecule has 1 aromatic carbocycles. The Balaban J connectivity index is 1.75. The van der Waals surface area contributed by atoms with Crippen molar-refractivity contribution in [1.29, 1.82) is 0 Å². The van der Waals surface area contributed by atoms with Crippen molar-refractivity contribution in [1.82, 2.24) is 19.5 Å². The van der Waals surface area contributed by atoms with Crippen molar-refractivity contribution >= 4 is 21.4 Å². The van der Waals surface area contributed by atoms with E-state index in [4.69, 9.17) is 9.72 Å². The summed E-state index contributed by atoms with van der Waals surface area (Å²) in [5.74, 6) is 0.872. The number of anilines is 1. The van der Waals surface area contributed by atoms with Crippen LogP contribution in [0.1, 0.15) is 38.1 Å². The molecule has 1 atom stereocenters. The number of rotatable bonds is 6. The maximum absolute atomic E-state index is 5.35. The average molecular weight is 374 g/mol. The number of methoxy groups -OCH3 is 1. The van der Waals surface area contributed by atoms with Gasteiger partial charge in [0.05, 0.1) is 25.0 Å². The van der Waals surface area contributed by atoms with Crippen LogP contribution in [0.15, 0.2) is 30.5 Å². The molecule has 0 aliphatic carbocycles. The number of hydrogen-bond acceptors (Lipinski definition) is 6. The van der Waals surface area contributed by atoms with Crippen LogP contribution < -0.4 is 10.1 Å². The molecule has 26 heavy (non-hydrogen) atoms. The van der Waals surface area contributed by atoms with Gasteiger partial charge < -0.3 is 15.0 Å². The minimum atomic E-state index is 0.0311. The van der Waals surface area contributed by atoms with Gasteiger partial charge in [-0.05, 0) is 31.8 Å². The molecule has 1 N–H and O–H groups in total. The first-order chi connectivity index (χ1) is 12.3. The van der Waals surface area contributed by atoms with Crippen LogP contribution in [0.3, 0.4) is 0 Å². The van der Waals surface area contributed by atoms with Crippen LogP contribution in [-0.2, 0) is 5.41 Å². The lowest BCUT2D eigenvalue weighted by molar-refractivity contribution is 0.310. The van der Waals surface area contributed by atoms with Crippen molar-refractivity contribution in [2.75, 3.05) is 33.1 Å². The second kappa shape index (κ2) is 7.25. The van der Waals surface area contributed by atoms with Crippen molar-refractivity contribution in [2.24, 2.45) is 0 Å². The Hall–Kier alpha value is -2.12. The third-order valence-electron chi connectivity index (χ3n) is 4.36. The Labute approximate surface area is 158 Å². The van der Waals surface area contributed by atoms with E-state index in [1.807, 2.05) is 22.8 Å². The zero-order chi connectivity index (χ0) is 18.9. The zero-order valence-electron chi connectivity index (χ0n) is 16.3. The van der Waals surface area contributed by atoms with Crippen molar-refractivity contribution in [2.45, 2.75) is 32.2 Å². The molecule has 0 fully saturated rings. The quantitative estimate of drug-likeness (QED) is 0.712. The van der Waals surface area contributed by atoms with Crippen LogP contribution in [-0.4, -0.2) is 47.2 Å². The smallest absolute Gasteiger partial charge is 0.214 e. The van der Waals surface area contributed by atoms with Gasteiger partial charge in [-0.3, -0.25) is 0 Å². The molecule has 0 aliphatic rings. The summed E-state index contributed by atoms with van der Waals surface area (Å²) in [6, 6.07) is 8.41. The summed E-state index contributed by atoms with van der Waals surface area (Å²) in [6.45, 7) is 7.24. The van der Waals surface area contributed by atoms with Gasteiger partial charge in [-0.15, -0.1) is 5.10 Å². The molecule has 0 aliphatic heterocycles. The number of nitrogens with zero attached hydrogens (tertiary/aromatic N) is 4. The van der Waals surface area contributed by atoms with Crippen molar-refractivity contribution < 1.29 is 4.74 Å². The second-order valence-electron chi connectivity index (χ2n) is 7.65. The number of benzene rings is 1. The third-order valence-corrected chi connectivity index (χ3v) is 5.24. The molecule has 0 radical (unpaired) electrons. The number of imidazole rings is 1. The number of likely N-dealkylation sites (N-methyl/N-ethyl adjacent to an activating group) is 1. The van der Waals surface area contributed by atoms with E-state index in [2.05, 4.69) is 62.3 Å². The molecule has 140 valence electrons. The molecule has 3 aromatic rings. The summed E-state index contributed by atoms with van der Waals surface area (Å²) in [7, 11) is 5.85. The van der Waals surface area contributed by atoms with Crippen LogP contribution in [0.4, 0.5) is 5.13 Å². The Bertz CT molecular complexity index is 846. The van der Waals surface area contributed by atoms with Crippen molar-refractivity contribution in [3.05, 3.63) is 41.7 Å². The number of aromatic nitrogens is 3. The fourth-order valence-corrected chi connectivity index (χ4v) is 3.55. The molecule has 0 saturated carbocycles. The standard InChI is InChI=1S/C19H27N5OS/c1-19(2,3)16-12-24-18(21-16)26-17(22-24)20-11-15(23(4)5)13-8-7-9-14(10-13)25-6/h7-10,12,15H,11H2,1-6H3,(H,20,22)/t15-/m1/s1. The van der Waals surface area contributed by atoms with Crippen molar-refractivity contribution in [3.63, 3.8) is 0 Å². The van der Waals surface area contributed by atoms with E-state index in [9.17, 15) is 0 Å². The second-order valence-corrected chi connectivity index (χ2v) is 8.60. The van der Waals surface area contributed by atoms with E-state index >= 15 is 0 Å². The minimum Gasteiger partial charge on any atom is -0.497 e. The molecule has 0 saturated heterocycles. The molecule has 3 rings (SSSR count). The van der Waals surface area contributed by atoms with E-state index in [1.54, 1.807) is 18.4 Å². The van der Waals surface area contributed by atoms with Gasteiger partial charge in [0.15, 0.2) is 0 Å². The van der Waals surface area contributed by atoms with Gasteiger partial charge in [0.25, 0.3) is 0 Å². The molecule has 0 unspecified atom stereocenters. The highest BCUT2D eigenvalue weighted by Crippen LogP contribution is 2.27. The van der Waals surface area contributed by atoms with Gasteiger partial charge in [0.2, 0.25) is 10.1 Å². The van der Waals surface area contributed by atoms with Gasteiger partial charge in [-0.25, -0.2) is 9.50 Å². The molecular weight excluding hydrogens is 346 g/mol. The Morgan fingerprint density at radius 1 is 1.31 bits per heavy atom. The van der Waals surface area contributed by atoms with Gasteiger partial charge in [0.1, 0.15) is 5.75 Å². The van der Waals surface area contributed by atoms with Crippen LogP contribution in [0.5, 0.6) is 5.75 Å². The van der Waals surface area contributed by atoms with E-state index in [1.165, 1.54) is 5.56 Å². The number of ether oxygens (including phenoxy) is 1. The molecule has 6 nitrogen and oxygen atoms in total. The molecule has 0 amide bonds. The fourth-order valence-electron chi connectivity index (χ4n) is 2.76. The van der Waals surface area contributed by atoms with Gasteiger partial charge >= 0.3 is 0 Å². The van der Waals surface area contributed by atoms with Crippen LogP contribution in [0, 0.1) is 0 Å². The Morgan fingerprint density at radius 3 is 2.69 bits per heavy atom. The van der Waals surface area contributed by atoms with Crippen LogP contribution in [0.25, 0.3) is 4.96 Å². The highest BCUT2D eigenvalue weighted by molar-refractivity contribution is 7.20. The molecular formula is C19H27N5OS. The number of hydrogen-bond donors (Lipinski definition) is 1. The molecule has 7 heteroatoms. The van der Waals surface area contributed by atoms with Gasteiger partial charge in [0, 0.05) is 12.0 Å². The fraction of sp³-hybridized carbons (Fsp3) is 0.474. The maximum atomic E-state index is 5.35. The van der Waals surface area contributed by atoms with Gasteiger partial charge in [-0.1, -0.05) is 44.2 Å².